The molecule has 1 N–H and O–H groups in total. The third-order valence-electron chi connectivity index (χ3n) is 3.51. The van der Waals surface area contributed by atoms with E-state index < -0.39 is 23.8 Å². The molecule has 0 aliphatic rings. The number of ether oxygens (including phenoxy) is 2. The third kappa shape index (κ3) is 6.55. The molecule has 7 heteroatoms. The summed E-state index contributed by atoms with van der Waals surface area (Å²) in [5.41, 5.74) is 0.989. The summed E-state index contributed by atoms with van der Waals surface area (Å²) in [6, 6.07) is 10.6. The van der Waals surface area contributed by atoms with Gasteiger partial charge in [-0.1, -0.05) is 36.4 Å². The lowest BCUT2D eigenvalue weighted by molar-refractivity contribution is -0.148. The molecule has 1 amide bonds. The van der Waals surface area contributed by atoms with E-state index in [2.05, 4.69) is 11.9 Å². The number of amides is 1. The van der Waals surface area contributed by atoms with Crippen LogP contribution >= 0.6 is 11.6 Å². The molecule has 0 heterocycles. The molecular weight excluding hydrogens is 385 g/mol. The number of hydrogen-bond donors (Lipinski definition) is 1. The molecule has 146 valence electrons. The zero-order valence-electron chi connectivity index (χ0n) is 15.2. The molecular formula is C21H19ClFNO4. The third-order valence-corrected chi connectivity index (χ3v) is 3.82. The van der Waals surface area contributed by atoms with E-state index in [1.165, 1.54) is 19.1 Å². The summed E-state index contributed by atoms with van der Waals surface area (Å²) in [6.07, 6.45) is 3.36. The van der Waals surface area contributed by atoms with E-state index in [1.54, 1.807) is 36.4 Å². The molecule has 0 aromatic heterocycles. The second-order valence-corrected chi connectivity index (χ2v) is 6.10. The Labute approximate surface area is 167 Å². The first-order chi connectivity index (χ1) is 13.4. The summed E-state index contributed by atoms with van der Waals surface area (Å²) in [6.45, 7) is 5.40. The van der Waals surface area contributed by atoms with Crippen LogP contribution in [0.5, 0.6) is 5.75 Å². The lowest BCUT2D eigenvalue weighted by Crippen LogP contribution is -2.29. The van der Waals surface area contributed by atoms with Gasteiger partial charge in [0.1, 0.15) is 18.2 Å². The van der Waals surface area contributed by atoms with Crippen molar-refractivity contribution in [2.75, 3.05) is 11.9 Å². The van der Waals surface area contributed by atoms with Crippen LogP contribution in [0.3, 0.4) is 0 Å². The Hall–Kier alpha value is -3.12. The number of carbonyl (C=O) groups excluding carboxylic acids is 2. The minimum absolute atomic E-state index is 0.0484. The predicted molar refractivity (Wildman–Crippen MR) is 107 cm³/mol. The Morgan fingerprint density at radius 3 is 2.61 bits per heavy atom. The van der Waals surface area contributed by atoms with Gasteiger partial charge in [0.05, 0.1) is 10.7 Å². The quantitative estimate of drug-likeness (QED) is 0.396. The molecule has 2 aromatic rings. The van der Waals surface area contributed by atoms with E-state index in [-0.39, 0.29) is 10.7 Å². The van der Waals surface area contributed by atoms with Crippen molar-refractivity contribution in [1.82, 2.24) is 0 Å². The molecule has 0 radical (unpaired) electrons. The number of esters is 1. The standard InChI is InChI=1S/C21H19ClFNO4/c1-3-12-27-17-8-4-15(5-9-17)6-11-20(25)28-14(2)21(26)24-19-10-7-16(23)13-18(19)22/h3-11,13-14H,1,12H2,2H3,(H,24,26)/b11-6+. The van der Waals surface area contributed by atoms with E-state index in [9.17, 15) is 14.0 Å². The zero-order valence-corrected chi connectivity index (χ0v) is 15.9. The maximum atomic E-state index is 13.0. The second kappa shape index (κ2) is 10.3. The fraction of sp³-hybridized carbons (Fsp3) is 0.143. The van der Waals surface area contributed by atoms with Crippen molar-refractivity contribution >= 4 is 35.2 Å². The van der Waals surface area contributed by atoms with Crippen LogP contribution in [-0.4, -0.2) is 24.6 Å². The summed E-state index contributed by atoms with van der Waals surface area (Å²) in [5.74, 6) is -1.10. The van der Waals surface area contributed by atoms with Crippen LogP contribution in [0.25, 0.3) is 6.08 Å². The van der Waals surface area contributed by atoms with E-state index in [0.29, 0.717) is 12.4 Å². The van der Waals surface area contributed by atoms with Crippen molar-refractivity contribution in [3.63, 3.8) is 0 Å². The number of hydrogen-bond acceptors (Lipinski definition) is 4. The van der Waals surface area contributed by atoms with Gasteiger partial charge >= 0.3 is 5.97 Å². The molecule has 0 fully saturated rings. The first-order valence-electron chi connectivity index (χ1n) is 8.37. The lowest BCUT2D eigenvalue weighted by Gasteiger charge is -2.13. The number of anilines is 1. The maximum absolute atomic E-state index is 13.0. The molecule has 0 aliphatic heterocycles. The van der Waals surface area contributed by atoms with Crippen molar-refractivity contribution in [1.29, 1.82) is 0 Å². The average Bonchev–Trinajstić information content (AvgIpc) is 2.67. The van der Waals surface area contributed by atoms with E-state index >= 15 is 0 Å². The van der Waals surface area contributed by atoms with Gasteiger partial charge in [0.2, 0.25) is 0 Å². The smallest absolute Gasteiger partial charge is 0.331 e. The summed E-state index contributed by atoms with van der Waals surface area (Å²) in [7, 11) is 0. The van der Waals surface area contributed by atoms with Crippen molar-refractivity contribution in [3.8, 4) is 5.75 Å². The van der Waals surface area contributed by atoms with Gasteiger partial charge in [-0.15, -0.1) is 0 Å². The maximum Gasteiger partial charge on any atom is 0.331 e. The van der Waals surface area contributed by atoms with E-state index in [0.717, 1.165) is 17.7 Å². The Balaban J connectivity index is 1.87. The van der Waals surface area contributed by atoms with Crippen molar-refractivity contribution in [3.05, 3.63) is 77.6 Å². The number of halogens is 2. The summed E-state index contributed by atoms with van der Waals surface area (Å²) >= 11 is 5.85. The van der Waals surface area contributed by atoms with E-state index in [4.69, 9.17) is 21.1 Å². The van der Waals surface area contributed by atoms with Crippen LogP contribution in [-0.2, 0) is 14.3 Å². The van der Waals surface area contributed by atoms with Crippen LogP contribution in [0.2, 0.25) is 5.02 Å². The molecule has 5 nitrogen and oxygen atoms in total. The van der Waals surface area contributed by atoms with Gasteiger partial charge in [-0.3, -0.25) is 4.79 Å². The number of carbonyl (C=O) groups is 2. The zero-order chi connectivity index (χ0) is 20.5. The normalized spacial score (nSPS) is 11.7. The lowest BCUT2D eigenvalue weighted by atomic mass is 10.2. The highest BCUT2D eigenvalue weighted by Gasteiger charge is 2.17. The predicted octanol–water partition coefficient (Wildman–Crippen LogP) is 4.63. The van der Waals surface area contributed by atoms with E-state index in [1.807, 2.05) is 0 Å². The summed E-state index contributed by atoms with van der Waals surface area (Å²) in [5, 5.41) is 2.53. The minimum atomic E-state index is -1.06. The van der Waals surface area contributed by atoms with Crippen LogP contribution in [0.15, 0.2) is 61.2 Å². The van der Waals surface area contributed by atoms with Crippen molar-refractivity contribution in [2.24, 2.45) is 0 Å². The Bertz CT molecular complexity index is 880. The average molecular weight is 404 g/mol. The Morgan fingerprint density at radius 2 is 1.96 bits per heavy atom. The number of benzene rings is 2. The van der Waals surface area contributed by atoms with Crippen molar-refractivity contribution in [2.45, 2.75) is 13.0 Å². The Morgan fingerprint density at radius 1 is 1.25 bits per heavy atom. The number of nitrogens with one attached hydrogen (secondary N) is 1. The van der Waals surface area contributed by atoms with Gasteiger partial charge in [0, 0.05) is 6.08 Å². The number of rotatable bonds is 8. The fourth-order valence-corrected chi connectivity index (χ4v) is 2.30. The molecule has 1 atom stereocenters. The first kappa shape index (κ1) is 21.2. The Kier molecular flexibility index (Phi) is 7.77. The van der Waals surface area contributed by atoms with Crippen LogP contribution < -0.4 is 10.1 Å². The highest BCUT2D eigenvalue weighted by atomic mass is 35.5. The fourth-order valence-electron chi connectivity index (χ4n) is 2.09. The monoisotopic (exact) mass is 403 g/mol. The van der Waals surface area contributed by atoms with Crippen LogP contribution in [0.4, 0.5) is 10.1 Å². The molecule has 2 aromatic carbocycles. The molecule has 0 saturated heterocycles. The highest BCUT2D eigenvalue weighted by molar-refractivity contribution is 6.33. The molecule has 0 spiro atoms. The second-order valence-electron chi connectivity index (χ2n) is 5.69. The van der Waals surface area contributed by atoms with Gasteiger partial charge in [-0.05, 0) is 48.9 Å². The molecule has 1 unspecified atom stereocenters. The minimum Gasteiger partial charge on any atom is -0.490 e. The van der Waals surface area contributed by atoms with Crippen LogP contribution in [0.1, 0.15) is 12.5 Å². The van der Waals surface area contributed by atoms with Crippen molar-refractivity contribution < 1.29 is 23.5 Å². The van der Waals surface area contributed by atoms with Gasteiger partial charge in [-0.25, -0.2) is 9.18 Å². The molecule has 2 rings (SSSR count). The molecule has 0 saturated carbocycles. The van der Waals surface area contributed by atoms with Crippen LogP contribution in [0, 0.1) is 5.82 Å². The SMILES string of the molecule is C=CCOc1ccc(/C=C/C(=O)OC(C)C(=O)Nc2ccc(F)cc2Cl)cc1. The summed E-state index contributed by atoms with van der Waals surface area (Å²) < 4.78 is 23.5. The first-order valence-corrected chi connectivity index (χ1v) is 8.75. The van der Waals surface area contributed by atoms with Gasteiger partial charge in [-0.2, -0.15) is 0 Å². The van der Waals surface area contributed by atoms with Gasteiger partial charge in [0.15, 0.2) is 6.10 Å². The molecule has 28 heavy (non-hydrogen) atoms. The van der Waals surface area contributed by atoms with Gasteiger partial charge < -0.3 is 14.8 Å². The highest BCUT2D eigenvalue weighted by Crippen LogP contribution is 2.22. The topological polar surface area (TPSA) is 64.6 Å². The van der Waals surface area contributed by atoms with Gasteiger partial charge in [0.25, 0.3) is 5.91 Å². The largest absolute Gasteiger partial charge is 0.490 e. The molecule has 0 bridgehead atoms. The summed E-state index contributed by atoms with van der Waals surface area (Å²) in [4.78, 5) is 24.0. The molecule has 0 aliphatic carbocycles.